The van der Waals surface area contributed by atoms with Crippen LogP contribution in [0, 0.1) is 23.7 Å². The van der Waals surface area contributed by atoms with E-state index in [9.17, 15) is 0 Å². The molecule has 0 aliphatic carbocycles. The van der Waals surface area contributed by atoms with Gasteiger partial charge in [-0.05, 0) is 93.7 Å². The van der Waals surface area contributed by atoms with Crippen LogP contribution < -0.4 is 0 Å². The molecule has 0 spiro atoms. The normalized spacial score (nSPS) is 10.8. The summed E-state index contributed by atoms with van der Waals surface area (Å²) >= 11 is 0. The molecule has 0 radical (unpaired) electrons. The molecule has 4 aromatic carbocycles. The third-order valence-electron chi connectivity index (χ3n) is 6.53. The molecule has 4 rings (SSSR count). The first-order chi connectivity index (χ1) is 16.8. The molecule has 0 aromatic heterocycles. The molecule has 0 saturated heterocycles. The van der Waals surface area contributed by atoms with E-state index in [0.29, 0.717) is 0 Å². The predicted octanol–water partition coefficient (Wildman–Crippen LogP) is 9.79. The highest BCUT2D eigenvalue weighted by Crippen LogP contribution is 2.28. The summed E-state index contributed by atoms with van der Waals surface area (Å²) in [4.78, 5) is 0. The van der Waals surface area contributed by atoms with Crippen molar-refractivity contribution in [3.8, 4) is 23.7 Å². The molecule has 0 heteroatoms. The third-order valence-corrected chi connectivity index (χ3v) is 6.53. The fourth-order valence-corrected chi connectivity index (χ4v) is 4.51. The fraction of sp³-hybridized carbons (Fsp3) is 0.353. The average molecular weight is 445 g/mol. The maximum Gasteiger partial charge on any atom is 0.0251 e. The number of benzene rings is 4. The van der Waals surface area contributed by atoms with Crippen LogP contribution in [-0.2, 0) is 0 Å². The molecule has 0 saturated carbocycles. The van der Waals surface area contributed by atoms with Crippen LogP contribution >= 0.6 is 0 Å². The summed E-state index contributed by atoms with van der Waals surface area (Å²) in [6.45, 7) is 4.49. The van der Waals surface area contributed by atoms with Gasteiger partial charge in [-0.15, -0.1) is 0 Å². The minimum absolute atomic E-state index is 0.993. The molecule has 34 heavy (non-hydrogen) atoms. The van der Waals surface area contributed by atoms with E-state index in [1.165, 1.54) is 83.7 Å². The van der Waals surface area contributed by atoms with Crippen molar-refractivity contribution < 1.29 is 0 Å². The Balaban J connectivity index is 1.54. The van der Waals surface area contributed by atoms with E-state index in [0.717, 1.165) is 24.0 Å². The zero-order chi connectivity index (χ0) is 23.6. The lowest BCUT2D eigenvalue weighted by Crippen LogP contribution is -1.82. The van der Waals surface area contributed by atoms with E-state index >= 15 is 0 Å². The summed E-state index contributed by atoms with van der Waals surface area (Å²) in [7, 11) is 0. The second-order valence-corrected chi connectivity index (χ2v) is 9.40. The Hall–Kier alpha value is -3.22. The van der Waals surface area contributed by atoms with E-state index in [1.54, 1.807) is 0 Å². The fourth-order valence-electron chi connectivity index (χ4n) is 4.51. The molecule has 0 bridgehead atoms. The standard InChI is InChI=1S/C34H36/c1-3-5-7-9-11-13-15-27-17-19-29-23-34-26-32-22-28(16-14-12-10-8-6-4-2)18-20-30(32)24-33(34)25-31(29)21-27/h17-26H,3-12H2,1-2H3. The van der Waals surface area contributed by atoms with E-state index in [4.69, 9.17) is 0 Å². The molecule has 0 unspecified atom stereocenters. The van der Waals surface area contributed by atoms with Crippen molar-refractivity contribution in [1.82, 2.24) is 0 Å². The molecule has 0 aliphatic rings. The molecule has 0 N–H and O–H groups in total. The van der Waals surface area contributed by atoms with Crippen molar-refractivity contribution in [3.05, 3.63) is 71.8 Å². The van der Waals surface area contributed by atoms with E-state index in [1.807, 2.05) is 0 Å². The first-order valence-electron chi connectivity index (χ1n) is 13.2. The Labute approximate surface area is 205 Å². The Morgan fingerprint density at radius 3 is 1.29 bits per heavy atom. The van der Waals surface area contributed by atoms with E-state index in [2.05, 4.69) is 98.2 Å². The first kappa shape index (κ1) is 23.9. The second kappa shape index (κ2) is 12.3. The molecule has 0 amide bonds. The van der Waals surface area contributed by atoms with Crippen LogP contribution in [0.4, 0.5) is 0 Å². The van der Waals surface area contributed by atoms with Crippen molar-refractivity contribution in [2.45, 2.75) is 78.1 Å². The zero-order valence-corrected chi connectivity index (χ0v) is 20.8. The van der Waals surface area contributed by atoms with Gasteiger partial charge in [-0.3, -0.25) is 0 Å². The zero-order valence-electron chi connectivity index (χ0n) is 20.8. The van der Waals surface area contributed by atoms with Crippen molar-refractivity contribution in [3.63, 3.8) is 0 Å². The Morgan fingerprint density at radius 2 is 0.853 bits per heavy atom. The van der Waals surface area contributed by atoms with Crippen molar-refractivity contribution in [2.75, 3.05) is 0 Å². The predicted molar refractivity (Wildman–Crippen MR) is 150 cm³/mol. The van der Waals surface area contributed by atoms with Crippen LogP contribution in [0.3, 0.4) is 0 Å². The summed E-state index contributed by atoms with van der Waals surface area (Å²) in [6.07, 6.45) is 12.1. The molecular formula is C34H36. The van der Waals surface area contributed by atoms with Crippen LogP contribution in [0.1, 0.15) is 89.2 Å². The molecule has 0 nitrogen and oxygen atoms in total. The lowest BCUT2D eigenvalue weighted by Gasteiger charge is -2.06. The number of fused-ring (bicyclic) bond motifs is 3. The Kier molecular flexibility index (Phi) is 8.65. The summed E-state index contributed by atoms with van der Waals surface area (Å²) in [6, 6.07) is 22.4. The smallest absolute Gasteiger partial charge is 0.0251 e. The minimum atomic E-state index is 0.993. The highest BCUT2D eigenvalue weighted by atomic mass is 14.1. The van der Waals surface area contributed by atoms with E-state index < -0.39 is 0 Å². The van der Waals surface area contributed by atoms with Crippen molar-refractivity contribution >= 4 is 32.3 Å². The molecule has 0 atom stereocenters. The van der Waals surface area contributed by atoms with Crippen LogP contribution in [-0.4, -0.2) is 0 Å². The lowest BCUT2D eigenvalue weighted by atomic mass is 9.98. The van der Waals surface area contributed by atoms with Gasteiger partial charge in [-0.1, -0.05) is 88.2 Å². The van der Waals surface area contributed by atoms with E-state index in [-0.39, 0.29) is 0 Å². The summed E-state index contributed by atoms with van der Waals surface area (Å²) in [5.41, 5.74) is 2.22. The van der Waals surface area contributed by atoms with Gasteiger partial charge in [0.1, 0.15) is 0 Å². The van der Waals surface area contributed by atoms with Gasteiger partial charge >= 0.3 is 0 Å². The molecule has 4 aromatic rings. The Morgan fingerprint density at radius 1 is 0.441 bits per heavy atom. The molecule has 0 fully saturated rings. The van der Waals surface area contributed by atoms with Crippen molar-refractivity contribution in [1.29, 1.82) is 0 Å². The maximum absolute atomic E-state index is 3.37. The van der Waals surface area contributed by atoms with Gasteiger partial charge in [0.05, 0.1) is 0 Å². The van der Waals surface area contributed by atoms with Gasteiger partial charge in [-0.2, -0.15) is 0 Å². The van der Waals surface area contributed by atoms with Gasteiger partial charge in [0, 0.05) is 24.0 Å². The number of rotatable bonds is 8. The number of hydrogen-bond donors (Lipinski definition) is 0. The lowest BCUT2D eigenvalue weighted by molar-refractivity contribution is 0.679. The van der Waals surface area contributed by atoms with Crippen LogP contribution in [0.2, 0.25) is 0 Å². The van der Waals surface area contributed by atoms with Gasteiger partial charge in [0.15, 0.2) is 0 Å². The van der Waals surface area contributed by atoms with Crippen LogP contribution in [0.15, 0.2) is 60.7 Å². The number of unbranched alkanes of at least 4 members (excludes halogenated alkanes) is 8. The molecular weight excluding hydrogens is 408 g/mol. The largest absolute Gasteiger partial charge is 0.0979 e. The SMILES string of the molecule is CCCCCCC#Cc1ccc2cc3cc4cc(C#CCCCCCC)ccc4cc3cc2c1. The third kappa shape index (κ3) is 6.43. The van der Waals surface area contributed by atoms with Crippen LogP contribution in [0.25, 0.3) is 32.3 Å². The van der Waals surface area contributed by atoms with Gasteiger partial charge in [0.25, 0.3) is 0 Å². The van der Waals surface area contributed by atoms with Gasteiger partial charge in [0.2, 0.25) is 0 Å². The summed E-state index contributed by atoms with van der Waals surface area (Å²) in [5.74, 6) is 13.4. The highest BCUT2D eigenvalue weighted by molar-refractivity contribution is 6.05. The molecule has 0 heterocycles. The Bertz CT molecular complexity index is 1270. The summed E-state index contributed by atoms with van der Waals surface area (Å²) in [5, 5.41) is 7.61. The first-order valence-corrected chi connectivity index (χ1v) is 13.2. The average Bonchev–Trinajstić information content (AvgIpc) is 2.85. The minimum Gasteiger partial charge on any atom is -0.0979 e. The maximum atomic E-state index is 3.37. The number of hydrogen-bond acceptors (Lipinski definition) is 0. The quantitative estimate of drug-likeness (QED) is 0.144. The molecule has 0 aliphatic heterocycles. The van der Waals surface area contributed by atoms with Crippen LogP contribution in [0.5, 0.6) is 0 Å². The van der Waals surface area contributed by atoms with Gasteiger partial charge < -0.3 is 0 Å². The van der Waals surface area contributed by atoms with Crippen molar-refractivity contribution in [2.24, 2.45) is 0 Å². The highest BCUT2D eigenvalue weighted by Gasteiger charge is 2.03. The molecule has 172 valence electrons. The monoisotopic (exact) mass is 444 g/mol. The second-order valence-electron chi connectivity index (χ2n) is 9.40. The summed E-state index contributed by atoms with van der Waals surface area (Å²) < 4.78 is 0. The topological polar surface area (TPSA) is 0 Å². The van der Waals surface area contributed by atoms with Gasteiger partial charge in [-0.25, -0.2) is 0 Å².